The number of nitrogens with zero attached hydrogens (tertiary/aromatic N) is 2. The van der Waals surface area contributed by atoms with Crippen LogP contribution in [0.2, 0.25) is 0 Å². The predicted molar refractivity (Wildman–Crippen MR) is 96.3 cm³/mol. The molecule has 1 saturated heterocycles. The lowest BCUT2D eigenvalue weighted by Gasteiger charge is -2.38. The van der Waals surface area contributed by atoms with Gasteiger partial charge in [0, 0.05) is 31.9 Å². The molecule has 4 rings (SSSR count). The van der Waals surface area contributed by atoms with Crippen LogP contribution < -0.4 is 14.4 Å². The number of rotatable bonds is 2. The largest absolute Gasteiger partial charge is 0.485 e. The third-order valence-electron chi connectivity index (χ3n) is 4.83. The highest BCUT2D eigenvalue weighted by Crippen LogP contribution is 2.31. The average Bonchev–Trinajstić information content (AvgIpc) is 2.67. The van der Waals surface area contributed by atoms with Crippen molar-refractivity contribution in [2.75, 3.05) is 37.7 Å². The summed E-state index contributed by atoms with van der Waals surface area (Å²) in [7, 11) is 0. The van der Waals surface area contributed by atoms with Crippen LogP contribution in [0.5, 0.6) is 11.5 Å². The van der Waals surface area contributed by atoms with Gasteiger partial charge in [-0.25, -0.2) is 0 Å². The van der Waals surface area contributed by atoms with Crippen molar-refractivity contribution in [3.63, 3.8) is 0 Å². The molecule has 25 heavy (non-hydrogen) atoms. The number of aryl methyl sites for hydroxylation is 1. The summed E-state index contributed by atoms with van der Waals surface area (Å²) in [6.07, 6.45) is -0.556. The summed E-state index contributed by atoms with van der Waals surface area (Å²) in [6.45, 7) is 5.47. The number of anilines is 1. The smallest absolute Gasteiger partial charge is 0.267 e. The lowest BCUT2D eigenvalue weighted by molar-refractivity contribution is -0.141. The van der Waals surface area contributed by atoms with Crippen LogP contribution in [0.1, 0.15) is 5.56 Å². The Hall–Kier alpha value is -2.69. The van der Waals surface area contributed by atoms with Gasteiger partial charge in [-0.3, -0.25) is 4.79 Å². The number of carbonyl (C=O) groups is 1. The summed E-state index contributed by atoms with van der Waals surface area (Å²) < 4.78 is 11.5. The van der Waals surface area contributed by atoms with Gasteiger partial charge in [0.15, 0.2) is 11.5 Å². The Kier molecular flexibility index (Phi) is 4.22. The van der Waals surface area contributed by atoms with Gasteiger partial charge in [0.25, 0.3) is 5.91 Å². The number of para-hydroxylation sites is 3. The number of carbonyl (C=O) groups excluding carboxylic acids is 1. The molecule has 1 amide bonds. The summed E-state index contributed by atoms with van der Waals surface area (Å²) >= 11 is 0. The number of hydrogen-bond donors (Lipinski definition) is 0. The number of amides is 1. The molecule has 0 N–H and O–H groups in total. The molecule has 1 fully saturated rings. The van der Waals surface area contributed by atoms with E-state index in [1.807, 2.05) is 29.2 Å². The summed E-state index contributed by atoms with van der Waals surface area (Å²) in [6, 6.07) is 15.9. The molecule has 130 valence electrons. The van der Waals surface area contributed by atoms with Gasteiger partial charge < -0.3 is 19.3 Å². The molecule has 2 aliphatic rings. The van der Waals surface area contributed by atoms with E-state index in [1.165, 1.54) is 11.3 Å². The highest BCUT2D eigenvalue weighted by molar-refractivity contribution is 5.82. The first-order valence-corrected chi connectivity index (χ1v) is 8.70. The van der Waals surface area contributed by atoms with Gasteiger partial charge in [-0.15, -0.1) is 0 Å². The monoisotopic (exact) mass is 338 g/mol. The number of ether oxygens (including phenoxy) is 2. The molecule has 1 atom stereocenters. The minimum Gasteiger partial charge on any atom is -0.485 e. The zero-order valence-corrected chi connectivity index (χ0v) is 14.4. The summed E-state index contributed by atoms with van der Waals surface area (Å²) in [5.41, 5.74) is 2.52. The summed E-state index contributed by atoms with van der Waals surface area (Å²) in [5.74, 6) is 1.36. The van der Waals surface area contributed by atoms with E-state index in [9.17, 15) is 4.79 Å². The molecule has 0 spiro atoms. The molecule has 0 radical (unpaired) electrons. The Morgan fingerprint density at radius 2 is 1.64 bits per heavy atom. The highest BCUT2D eigenvalue weighted by Gasteiger charge is 2.32. The molecule has 0 aromatic heterocycles. The number of piperazine rings is 1. The van der Waals surface area contributed by atoms with Gasteiger partial charge in [-0.1, -0.05) is 30.3 Å². The van der Waals surface area contributed by atoms with Gasteiger partial charge in [0.05, 0.1) is 0 Å². The molecule has 2 aliphatic heterocycles. The van der Waals surface area contributed by atoms with Crippen LogP contribution in [0.4, 0.5) is 5.69 Å². The quantitative estimate of drug-likeness (QED) is 0.844. The second-order valence-electron chi connectivity index (χ2n) is 6.46. The van der Waals surface area contributed by atoms with E-state index in [2.05, 4.69) is 36.1 Å². The van der Waals surface area contributed by atoms with E-state index >= 15 is 0 Å². The molecule has 5 heteroatoms. The molecule has 5 nitrogen and oxygen atoms in total. The molecule has 2 aromatic rings. The Labute approximate surface area is 147 Å². The summed E-state index contributed by atoms with van der Waals surface area (Å²) in [4.78, 5) is 17.0. The van der Waals surface area contributed by atoms with Crippen LogP contribution in [0, 0.1) is 6.92 Å². The van der Waals surface area contributed by atoms with E-state index in [4.69, 9.17) is 9.47 Å². The SMILES string of the molecule is Cc1ccccc1N1CCN(C(=O)[C@@H]2COc3ccccc3O2)CC1. The van der Waals surface area contributed by atoms with Crippen molar-refractivity contribution in [3.8, 4) is 11.5 Å². The summed E-state index contributed by atoms with van der Waals surface area (Å²) in [5, 5.41) is 0. The van der Waals surface area contributed by atoms with E-state index in [-0.39, 0.29) is 12.5 Å². The number of benzene rings is 2. The van der Waals surface area contributed by atoms with Crippen molar-refractivity contribution in [2.24, 2.45) is 0 Å². The maximum Gasteiger partial charge on any atom is 0.267 e. The van der Waals surface area contributed by atoms with Gasteiger partial charge in [-0.05, 0) is 30.7 Å². The number of hydrogen-bond acceptors (Lipinski definition) is 4. The second-order valence-corrected chi connectivity index (χ2v) is 6.46. The van der Waals surface area contributed by atoms with Gasteiger partial charge in [-0.2, -0.15) is 0 Å². The molecule has 0 saturated carbocycles. The van der Waals surface area contributed by atoms with E-state index in [1.54, 1.807) is 0 Å². The Balaban J connectivity index is 1.38. The van der Waals surface area contributed by atoms with Crippen molar-refractivity contribution in [2.45, 2.75) is 13.0 Å². The standard InChI is InChI=1S/C20H22N2O3/c1-15-6-2-3-7-16(15)21-10-12-22(13-11-21)20(23)19-14-24-17-8-4-5-9-18(17)25-19/h2-9,19H,10-14H2,1H3/t19-/m0/s1. The Bertz CT molecular complexity index is 769. The molecule has 2 aromatic carbocycles. The van der Waals surface area contributed by atoms with E-state index < -0.39 is 6.10 Å². The average molecular weight is 338 g/mol. The molecule has 2 heterocycles. The maximum absolute atomic E-state index is 12.8. The minimum absolute atomic E-state index is 0.0129. The van der Waals surface area contributed by atoms with Crippen LogP contribution in [0.3, 0.4) is 0 Å². The topological polar surface area (TPSA) is 42.0 Å². The predicted octanol–water partition coefficient (Wildman–Crippen LogP) is 2.48. The third-order valence-corrected chi connectivity index (χ3v) is 4.83. The minimum atomic E-state index is -0.556. The van der Waals surface area contributed by atoms with Crippen LogP contribution in [0.25, 0.3) is 0 Å². The molecular formula is C20H22N2O3. The van der Waals surface area contributed by atoms with Crippen molar-refractivity contribution in [1.29, 1.82) is 0 Å². The van der Waals surface area contributed by atoms with Crippen molar-refractivity contribution < 1.29 is 14.3 Å². The highest BCUT2D eigenvalue weighted by atomic mass is 16.6. The van der Waals surface area contributed by atoms with E-state index in [0.29, 0.717) is 24.6 Å². The third kappa shape index (κ3) is 3.14. The fourth-order valence-corrected chi connectivity index (χ4v) is 3.43. The first kappa shape index (κ1) is 15.8. The first-order chi connectivity index (χ1) is 12.2. The second kappa shape index (κ2) is 6.67. The maximum atomic E-state index is 12.8. The number of fused-ring (bicyclic) bond motifs is 1. The fraction of sp³-hybridized carbons (Fsp3) is 0.350. The zero-order valence-electron chi connectivity index (χ0n) is 14.4. The zero-order chi connectivity index (χ0) is 17.2. The molecule has 0 unspecified atom stereocenters. The molecule has 0 bridgehead atoms. The lowest BCUT2D eigenvalue weighted by atomic mass is 10.1. The Morgan fingerprint density at radius 1 is 0.960 bits per heavy atom. The van der Waals surface area contributed by atoms with Crippen LogP contribution in [-0.2, 0) is 4.79 Å². The van der Waals surface area contributed by atoms with Crippen LogP contribution in [-0.4, -0.2) is 49.7 Å². The van der Waals surface area contributed by atoms with Gasteiger partial charge in [0.1, 0.15) is 6.61 Å². The van der Waals surface area contributed by atoms with Crippen molar-refractivity contribution in [1.82, 2.24) is 4.90 Å². The van der Waals surface area contributed by atoms with Gasteiger partial charge in [0.2, 0.25) is 6.10 Å². The van der Waals surface area contributed by atoms with Gasteiger partial charge >= 0.3 is 0 Å². The molecule has 0 aliphatic carbocycles. The Morgan fingerprint density at radius 3 is 2.40 bits per heavy atom. The fourth-order valence-electron chi connectivity index (χ4n) is 3.43. The molecular weight excluding hydrogens is 316 g/mol. The van der Waals surface area contributed by atoms with Crippen molar-refractivity contribution in [3.05, 3.63) is 54.1 Å². The van der Waals surface area contributed by atoms with Crippen LogP contribution in [0.15, 0.2) is 48.5 Å². The van der Waals surface area contributed by atoms with E-state index in [0.717, 1.165) is 13.1 Å². The van der Waals surface area contributed by atoms with Crippen LogP contribution >= 0.6 is 0 Å². The first-order valence-electron chi connectivity index (χ1n) is 8.70. The lowest BCUT2D eigenvalue weighted by Crippen LogP contribution is -2.54. The normalized spacial score (nSPS) is 19.6. The van der Waals surface area contributed by atoms with Crippen molar-refractivity contribution >= 4 is 11.6 Å².